The first-order valence-electron chi connectivity index (χ1n) is 15.6. The van der Waals surface area contributed by atoms with Crippen molar-refractivity contribution in [3.05, 3.63) is 48.6 Å². The van der Waals surface area contributed by atoms with Crippen LogP contribution in [-0.4, -0.2) is 103 Å². The van der Waals surface area contributed by atoms with E-state index in [4.69, 9.17) is 9.47 Å². The van der Waals surface area contributed by atoms with Crippen LogP contribution in [0.15, 0.2) is 48.6 Å². The average molecular weight is 621 g/mol. The van der Waals surface area contributed by atoms with Crippen molar-refractivity contribution in [1.29, 1.82) is 0 Å². The van der Waals surface area contributed by atoms with Gasteiger partial charge in [0.1, 0.15) is 35.9 Å². The number of fused-ring (bicyclic) bond motifs is 3. The second-order valence-electron chi connectivity index (χ2n) is 12.8. The van der Waals surface area contributed by atoms with Gasteiger partial charge in [0.25, 0.3) is 5.91 Å². The van der Waals surface area contributed by atoms with Gasteiger partial charge in [-0.15, -0.1) is 5.10 Å². The first kappa shape index (κ1) is 30.9. The molecule has 6 rings (SSSR count). The first-order chi connectivity index (χ1) is 21.6. The monoisotopic (exact) mass is 620 g/mol. The van der Waals surface area contributed by atoms with E-state index in [9.17, 15) is 24.3 Å². The molecule has 13 nitrogen and oxygen atoms in total. The molecule has 2 saturated heterocycles. The molecule has 1 spiro atoms. The second kappa shape index (κ2) is 12.4. The number of hydrogen-bond acceptors (Lipinski definition) is 9. The number of amides is 3. The fourth-order valence-electron chi connectivity index (χ4n) is 7.14. The molecule has 0 radical (unpaired) electrons. The average Bonchev–Trinajstić information content (AvgIpc) is 3.76. The fourth-order valence-corrected chi connectivity index (χ4v) is 7.14. The van der Waals surface area contributed by atoms with Crippen LogP contribution in [0, 0.1) is 17.8 Å². The Kier molecular flexibility index (Phi) is 8.49. The van der Waals surface area contributed by atoms with E-state index in [1.807, 2.05) is 50.3 Å². The summed E-state index contributed by atoms with van der Waals surface area (Å²) in [5.74, 6) is -3.54. The summed E-state index contributed by atoms with van der Waals surface area (Å²) in [6.07, 6.45) is 6.83. The number of likely N-dealkylation sites (tertiary alicyclic amines) is 1. The van der Waals surface area contributed by atoms with Gasteiger partial charge in [0, 0.05) is 13.0 Å². The minimum atomic E-state index is -1.43. The standard InChI is InChI=1S/C32H40N6O7/c1-19(2)15-21(17-39)38-28-30(42)36(18-37-23-10-7-6-9-22(23)34-35-37)14-8-4-5-11-25(40)33-16-20(3)44-31(43)26-24-12-13-32(28,45-24)27(26)29(38)41/h4,6-10,12-13,19-21,24,26-28,39H,5,11,14-18H2,1-3H3,(H,33,40)/b8-4-/t20-,21-,24+,26-,27-,28+,32-/m1/s1. The molecular formula is C32H40N6O7. The molecule has 5 heterocycles. The van der Waals surface area contributed by atoms with E-state index in [1.54, 1.807) is 28.7 Å². The number of benzene rings is 1. The van der Waals surface area contributed by atoms with E-state index in [2.05, 4.69) is 15.6 Å². The Morgan fingerprint density at radius 1 is 1.13 bits per heavy atom. The minimum absolute atomic E-state index is 0.0214. The molecule has 3 amide bonds. The number of esters is 1. The summed E-state index contributed by atoms with van der Waals surface area (Å²) >= 11 is 0. The highest BCUT2D eigenvalue weighted by atomic mass is 16.6. The van der Waals surface area contributed by atoms with Crippen LogP contribution in [0.3, 0.4) is 0 Å². The molecule has 1 aromatic heterocycles. The van der Waals surface area contributed by atoms with Crippen molar-refractivity contribution < 1.29 is 33.8 Å². The third kappa shape index (κ3) is 5.52. The van der Waals surface area contributed by atoms with Crippen molar-refractivity contribution >= 4 is 34.7 Å². The van der Waals surface area contributed by atoms with E-state index in [0.29, 0.717) is 18.4 Å². The molecule has 1 aromatic carbocycles. The maximum Gasteiger partial charge on any atom is 0.313 e. The quantitative estimate of drug-likeness (QED) is 0.358. The SMILES string of the molecule is CC(C)C[C@H](CO)N1C(=O)[C@H]2[C@@H]3C(=O)O[C@H](C)CNC(=O)CC/C=C\CN(Cn4nnc5ccccc54)C(=O)[C@H]1[C@@]21C=C[C@@H]3O1. The molecule has 7 atom stereocenters. The van der Waals surface area contributed by atoms with E-state index in [-0.39, 0.29) is 44.6 Å². The molecule has 5 bridgehead atoms. The summed E-state index contributed by atoms with van der Waals surface area (Å²) in [7, 11) is 0. The maximum absolute atomic E-state index is 14.9. The largest absolute Gasteiger partial charge is 0.460 e. The summed E-state index contributed by atoms with van der Waals surface area (Å²) in [4.78, 5) is 58.4. The smallest absolute Gasteiger partial charge is 0.313 e. The Labute approximate surface area is 261 Å². The third-order valence-corrected chi connectivity index (χ3v) is 9.14. The Morgan fingerprint density at radius 2 is 1.93 bits per heavy atom. The van der Waals surface area contributed by atoms with Crippen LogP contribution in [0.5, 0.6) is 0 Å². The van der Waals surface area contributed by atoms with Gasteiger partial charge in [-0.05, 0) is 37.8 Å². The molecular weight excluding hydrogens is 580 g/mol. The van der Waals surface area contributed by atoms with Crippen LogP contribution in [0.1, 0.15) is 40.0 Å². The number of para-hydroxylation sites is 1. The lowest BCUT2D eigenvalue weighted by atomic mass is 9.74. The summed E-state index contributed by atoms with van der Waals surface area (Å²) in [6, 6.07) is 5.58. The number of nitrogens with one attached hydrogen (secondary N) is 1. The number of carbonyl (C=O) groups is 4. The number of carbonyl (C=O) groups excluding carboxylic acids is 4. The van der Waals surface area contributed by atoms with Crippen LogP contribution in [0.25, 0.3) is 11.0 Å². The summed E-state index contributed by atoms with van der Waals surface area (Å²) in [5, 5.41) is 21.9. The van der Waals surface area contributed by atoms with Crippen LogP contribution in [0.2, 0.25) is 0 Å². The van der Waals surface area contributed by atoms with Crippen molar-refractivity contribution in [2.75, 3.05) is 19.7 Å². The Hall–Kier alpha value is -4.10. The van der Waals surface area contributed by atoms with Crippen molar-refractivity contribution in [1.82, 2.24) is 30.1 Å². The van der Waals surface area contributed by atoms with Crippen molar-refractivity contribution in [2.45, 2.75) is 76.6 Å². The second-order valence-corrected chi connectivity index (χ2v) is 12.8. The Morgan fingerprint density at radius 3 is 2.71 bits per heavy atom. The zero-order valence-electron chi connectivity index (χ0n) is 25.7. The topological polar surface area (TPSA) is 156 Å². The third-order valence-electron chi connectivity index (χ3n) is 9.14. The number of aliphatic hydroxyl groups excluding tert-OH is 1. The summed E-state index contributed by atoms with van der Waals surface area (Å²) in [5.41, 5.74) is -0.0282. The number of hydrogen-bond donors (Lipinski definition) is 2. The van der Waals surface area contributed by atoms with Crippen molar-refractivity contribution in [2.24, 2.45) is 17.8 Å². The van der Waals surface area contributed by atoms with Gasteiger partial charge in [-0.3, -0.25) is 19.2 Å². The predicted molar refractivity (Wildman–Crippen MR) is 161 cm³/mol. The highest BCUT2D eigenvalue weighted by Gasteiger charge is 2.74. The molecule has 0 aliphatic carbocycles. The highest BCUT2D eigenvalue weighted by molar-refractivity contribution is 5.99. The molecule has 0 saturated carbocycles. The summed E-state index contributed by atoms with van der Waals surface area (Å²) in [6.45, 7) is 5.59. The number of rotatable bonds is 6. The van der Waals surface area contributed by atoms with Crippen molar-refractivity contribution in [3.63, 3.8) is 0 Å². The first-order valence-corrected chi connectivity index (χ1v) is 15.6. The molecule has 13 heteroatoms. The number of allylic oxidation sites excluding steroid dienone is 1. The van der Waals surface area contributed by atoms with Gasteiger partial charge in [0.05, 0.1) is 36.7 Å². The van der Waals surface area contributed by atoms with Gasteiger partial charge in [-0.2, -0.15) is 0 Å². The number of aliphatic hydroxyl groups is 1. The minimum Gasteiger partial charge on any atom is -0.460 e. The van der Waals surface area contributed by atoms with E-state index in [0.717, 1.165) is 5.52 Å². The maximum atomic E-state index is 14.9. The van der Waals surface area contributed by atoms with Gasteiger partial charge in [0.2, 0.25) is 11.8 Å². The number of ether oxygens (including phenoxy) is 2. The molecule has 4 aliphatic heterocycles. The zero-order valence-corrected chi connectivity index (χ0v) is 25.7. The van der Waals surface area contributed by atoms with Gasteiger partial charge in [0.15, 0.2) is 0 Å². The van der Waals surface area contributed by atoms with Gasteiger partial charge >= 0.3 is 5.97 Å². The van der Waals surface area contributed by atoms with Crippen LogP contribution in [-0.2, 0) is 35.3 Å². The highest BCUT2D eigenvalue weighted by Crippen LogP contribution is 2.56. The molecule has 2 aromatic rings. The number of aromatic nitrogens is 3. The van der Waals surface area contributed by atoms with Gasteiger partial charge in [-0.25, -0.2) is 4.68 Å². The fraction of sp³-hybridized carbons (Fsp3) is 0.562. The Balaban J connectivity index is 1.44. The number of cyclic esters (lactones) is 1. The van der Waals surface area contributed by atoms with Crippen molar-refractivity contribution in [3.8, 4) is 0 Å². The van der Waals surface area contributed by atoms with E-state index >= 15 is 0 Å². The van der Waals surface area contributed by atoms with Crippen LogP contribution < -0.4 is 5.32 Å². The molecule has 2 N–H and O–H groups in total. The number of nitrogens with zero attached hydrogens (tertiary/aromatic N) is 5. The summed E-state index contributed by atoms with van der Waals surface area (Å²) < 4.78 is 13.8. The van der Waals surface area contributed by atoms with Crippen LogP contribution >= 0.6 is 0 Å². The molecule has 4 aliphatic rings. The zero-order chi connectivity index (χ0) is 31.9. The molecule has 2 fully saturated rings. The molecule has 240 valence electrons. The lowest BCUT2D eigenvalue weighted by Crippen LogP contribution is -2.58. The van der Waals surface area contributed by atoms with E-state index in [1.165, 1.54) is 4.90 Å². The van der Waals surface area contributed by atoms with E-state index < -0.39 is 59.5 Å². The lowest BCUT2D eigenvalue weighted by molar-refractivity contribution is -0.159. The normalized spacial score (nSPS) is 31.9. The lowest BCUT2D eigenvalue weighted by Gasteiger charge is -2.39. The van der Waals surface area contributed by atoms with Gasteiger partial charge < -0.3 is 29.7 Å². The van der Waals surface area contributed by atoms with Crippen LogP contribution in [0.4, 0.5) is 0 Å². The predicted octanol–water partition coefficient (Wildman–Crippen LogP) is 1.17. The molecule has 45 heavy (non-hydrogen) atoms. The molecule has 0 unspecified atom stereocenters. The van der Waals surface area contributed by atoms with Gasteiger partial charge in [-0.1, -0.05) is 55.5 Å². The Bertz CT molecular complexity index is 1540.